The Labute approximate surface area is 176 Å². The van der Waals surface area contributed by atoms with Gasteiger partial charge in [-0.15, -0.1) is 0 Å². The second-order valence-corrected chi connectivity index (χ2v) is 8.99. The Morgan fingerprint density at radius 1 is 1.20 bits per heavy atom. The van der Waals surface area contributed by atoms with Crippen LogP contribution in [0.15, 0.2) is 36.7 Å². The minimum atomic E-state index is -0.552. The van der Waals surface area contributed by atoms with Crippen LogP contribution in [-0.4, -0.2) is 52.5 Å². The minimum Gasteiger partial charge on any atom is -0.364 e. The summed E-state index contributed by atoms with van der Waals surface area (Å²) in [5, 5.41) is 0. The molecule has 4 atom stereocenters. The number of benzene rings is 1. The molecule has 7 heteroatoms. The lowest BCUT2D eigenvalue weighted by Crippen LogP contribution is -2.64. The molecule has 5 rings (SSSR count). The molecule has 3 aliphatic heterocycles. The van der Waals surface area contributed by atoms with E-state index >= 15 is 0 Å². The summed E-state index contributed by atoms with van der Waals surface area (Å²) >= 11 is 0. The number of hydrogen-bond donors (Lipinski definition) is 1. The van der Waals surface area contributed by atoms with Gasteiger partial charge in [0.1, 0.15) is 17.3 Å². The van der Waals surface area contributed by atoms with Crippen LogP contribution in [0.3, 0.4) is 0 Å². The molecule has 1 aromatic carbocycles. The molecule has 1 amide bonds. The van der Waals surface area contributed by atoms with Crippen molar-refractivity contribution in [2.75, 3.05) is 24.5 Å². The van der Waals surface area contributed by atoms with E-state index in [0.29, 0.717) is 23.9 Å². The molecule has 0 spiro atoms. The van der Waals surface area contributed by atoms with Gasteiger partial charge in [0.15, 0.2) is 0 Å². The number of primary amides is 1. The molecule has 3 aliphatic rings. The number of nitrogens with two attached hydrogens (primary N) is 1. The summed E-state index contributed by atoms with van der Waals surface area (Å²) in [5.74, 6) is 1.06. The smallest absolute Gasteiger partial charge is 0.268 e. The van der Waals surface area contributed by atoms with Crippen molar-refractivity contribution in [3.63, 3.8) is 0 Å². The van der Waals surface area contributed by atoms with E-state index < -0.39 is 5.91 Å². The predicted molar refractivity (Wildman–Crippen MR) is 113 cm³/mol. The fourth-order valence-corrected chi connectivity index (χ4v) is 5.91. The van der Waals surface area contributed by atoms with Crippen LogP contribution in [-0.2, 0) is 6.42 Å². The monoisotopic (exact) mass is 409 g/mol. The molecule has 3 fully saturated rings. The molecule has 0 aliphatic carbocycles. The Morgan fingerprint density at radius 3 is 2.90 bits per heavy atom. The third kappa shape index (κ3) is 3.67. The summed E-state index contributed by atoms with van der Waals surface area (Å²) < 4.78 is 13.8. The molecule has 6 nitrogen and oxygen atoms in total. The molecule has 2 aromatic rings. The Bertz CT molecular complexity index is 937. The summed E-state index contributed by atoms with van der Waals surface area (Å²) in [4.78, 5) is 25.2. The Morgan fingerprint density at radius 2 is 2.07 bits per heavy atom. The van der Waals surface area contributed by atoms with Crippen molar-refractivity contribution in [3.05, 3.63) is 53.7 Å². The molecule has 1 aromatic heterocycles. The van der Waals surface area contributed by atoms with Crippen molar-refractivity contribution in [1.29, 1.82) is 0 Å². The van der Waals surface area contributed by atoms with E-state index in [0.717, 1.165) is 37.4 Å². The number of carbonyl (C=O) groups excluding carboxylic acids is 1. The second kappa shape index (κ2) is 7.95. The Hall–Kier alpha value is -2.54. The van der Waals surface area contributed by atoms with Crippen LogP contribution < -0.4 is 10.6 Å². The maximum absolute atomic E-state index is 13.8. The van der Waals surface area contributed by atoms with E-state index in [-0.39, 0.29) is 11.5 Å². The van der Waals surface area contributed by atoms with Crippen LogP contribution in [0.4, 0.5) is 10.2 Å². The van der Waals surface area contributed by atoms with Crippen molar-refractivity contribution in [1.82, 2.24) is 14.9 Å². The molecule has 3 saturated heterocycles. The number of piperidine rings is 3. The van der Waals surface area contributed by atoms with Crippen LogP contribution in [0.1, 0.15) is 41.7 Å². The lowest BCUT2D eigenvalue weighted by Gasteiger charge is -2.57. The number of aromatic nitrogens is 2. The van der Waals surface area contributed by atoms with Crippen molar-refractivity contribution in [2.45, 2.75) is 44.2 Å². The van der Waals surface area contributed by atoms with Crippen LogP contribution in [0.5, 0.6) is 0 Å². The highest BCUT2D eigenvalue weighted by molar-refractivity contribution is 5.90. The molecule has 2 bridgehead atoms. The molecule has 2 N–H and O–H groups in total. The quantitative estimate of drug-likeness (QED) is 0.840. The third-order valence-corrected chi connectivity index (χ3v) is 7.15. The SMILES string of the molecule is NC(=O)c1cncc(N2C[C@H]3C[C@@H](C2)[C@H](Cc2cccc(F)c2)N2CCCC[C@@H]32)n1. The zero-order valence-corrected chi connectivity index (χ0v) is 17.1. The zero-order chi connectivity index (χ0) is 20.7. The van der Waals surface area contributed by atoms with Gasteiger partial charge in [0, 0.05) is 25.2 Å². The summed E-state index contributed by atoms with van der Waals surface area (Å²) in [6.45, 7) is 2.94. The first-order chi connectivity index (χ1) is 14.6. The molecular weight excluding hydrogens is 381 g/mol. The van der Waals surface area contributed by atoms with Gasteiger partial charge in [0.05, 0.1) is 12.4 Å². The zero-order valence-electron chi connectivity index (χ0n) is 17.1. The van der Waals surface area contributed by atoms with Gasteiger partial charge in [-0.3, -0.25) is 14.7 Å². The molecular formula is C23H28FN5O. The van der Waals surface area contributed by atoms with Gasteiger partial charge >= 0.3 is 0 Å². The van der Waals surface area contributed by atoms with Gasteiger partial charge in [-0.2, -0.15) is 0 Å². The highest BCUT2D eigenvalue weighted by Crippen LogP contribution is 2.42. The number of amides is 1. The maximum atomic E-state index is 13.8. The van der Waals surface area contributed by atoms with Crippen molar-refractivity contribution in [2.24, 2.45) is 17.6 Å². The standard InChI is InChI=1S/C23H28FN5O/c24-18-5-3-4-15(8-18)9-21-17-10-16(20-6-1-2-7-29(20)21)13-28(14-17)22-12-26-11-19(27-22)23(25)30/h3-5,8,11-12,16-17,20-21H,1-2,6-7,9-10,13-14H2,(H2,25,30)/t16-,17+,20+,21+/m1/s1. The van der Waals surface area contributed by atoms with E-state index in [2.05, 4.69) is 19.8 Å². The average Bonchev–Trinajstić information content (AvgIpc) is 2.77. The number of carbonyl (C=O) groups is 1. The second-order valence-electron chi connectivity index (χ2n) is 8.99. The first kappa shape index (κ1) is 19.4. The fourth-order valence-electron chi connectivity index (χ4n) is 5.91. The number of hydrogen-bond acceptors (Lipinski definition) is 5. The lowest BCUT2D eigenvalue weighted by atomic mass is 9.71. The van der Waals surface area contributed by atoms with E-state index in [1.165, 1.54) is 37.9 Å². The number of fused-ring (bicyclic) bond motifs is 4. The highest BCUT2D eigenvalue weighted by Gasteiger charge is 2.47. The number of rotatable bonds is 4. The molecule has 0 radical (unpaired) electrons. The van der Waals surface area contributed by atoms with Gasteiger partial charge in [-0.05, 0) is 61.8 Å². The van der Waals surface area contributed by atoms with Gasteiger partial charge < -0.3 is 10.6 Å². The predicted octanol–water partition coefficient (Wildman–Crippen LogP) is 2.64. The summed E-state index contributed by atoms with van der Waals surface area (Å²) in [6, 6.07) is 7.98. The fraction of sp³-hybridized carbons (Fsp3) is 0.522. The van der Waals surface area contributed by atoms with E-state index in [9.17, 15) is 9.18 Å². The molecule has 0 unspecified atom stereocenters. The topological polar surface area (TPSA) is 75.4 Å². The van der Waals surface area contributed by atoms with Crippen LogP contribution in [0.2, 0.25) is 0 Å². The third-order valence-electron chi connectivity index (χ3n) is 7.15. The van der Waals surface area contributed by atoms with Gasteiger partial charge in [0.2, 0.25) is 0 Å². The Kier molecular flexibility index (Phi) is 5.15. The van der Waals surface area contributed by atoms with E-state index in [1.54, 1.807) is 12.3 Å². The number of anilines is 1. The molecule has 158 valence electrons. The summed E-state index contributed by atoms with van der Waals surface area (Å²) in [6.07, 6.45) is 8.95. The molecule has 4 heterocycles. The molecule has 30 heavy (non-hydrogen) atoms. The first-order valence-electron chi connectivity index (χ1n) is 11.0. The number of nitrogens with zero attached hydrogens (tertiary/aromatic N) is 4. The van der Waals surface area contributed by atoms with Gasteiger partial charge in [-0.1, -0.05) is 18.6 Å². The average molecular weight is 410 g/mol. The van der Waals surface area contributed by atoms with E-state index in [1.807, 2.05) is 12.1 Å². The summed E-state index contributed by atoms with van der Waals surface area (Å²) in [5.41, 5.74) is 6.69. The van der Waals surface area contributed by atoms with Gasteiger partial charge in [-0.25, -0.2) is 9.37 Å². The van der Waals surface area contributed by atoms with Crippen LogP contribution in [0, 0.1) is 17.7 Å². The highest BCUT2D eigenvalue weighted by atomic mass is 19.1. The Balaban J connectivity index is 1.44. The lowest BCUT2D eigenvalue weighted by molar-refractivity contribution is -0.0318. The number of halogens is 1. The maximum Gasteiger partial charge on any atom is 0.268 e. The largest absolute Gasteiger partial charge is 0.364 e. The minimum absolute atomic E-state index is 0.166. The van der Waals surface area contributed by atoms with Crippen molar-refractivity contribution < 1.29 is 9.18 Å². The van der Waals surface area contributed by atoms with Crippen LogP contribution in [0.25, 0.3) is 0 Å². The van der Waals surface area contributed by atoms with Gasteiger partial charge in [0.25, 0.3) is 5.91 Å². The van der Waals surface area contributed by atoms with Crippen molar-refractivity contribution >= 4 is 11.7 Å². The normalized spacial score (nSPS) is 28.8. The molecule has 0 saturated carbocycles. The van der Waals surface area contributed by atoms with Crippen LogP contribution >= 0.6 is 0 Å². The van der Waals surface area contributed by atoms with E-state index in [4.69, 9.17) is 5.73 Å². The summed E-state index contributed by atoms with van der Waals surface area (Å²) in [7, 11) is 0. The first-order valence-corrected chi connectivity index (χ1v) is 11.0. The van der Waals surface area contributed by atoms with Crippen molar-refractivity contribution in [3.8, 4) is 0 Å².